The van der Waals surface area contributed by atoms with Crippen molar-refractivity contribution in [2.75, 3.05) is 19.8 Å². The van der Waals surface area contributed by atoms with Gasteiger partial charge in [0.05, 0.1) is 12.8 Å². The summed E-state index contributed by atoms with van der Waals surface area (Å²) < 4.78 is 11.1. The molecule has 1 saturated heterocycles. The third-order valence-corrected chi connectivity index (χ3v) is 2.90. The summed E-state index contributed by atoms with van der Waals surface area (Å²) in [5.41, 5.74) is 0.148. The zero-order valence-corrected chi connectivity index (χ0v) is 11.0. The van der Waals surface area contributed by atoms with Crippen molar-refractivity contribution in [2.24, 2.45) is 0 Å². The standard InChI is InChI=1S/C13H22N2O2/c1-13(2,3)15-6-4-12-14-8-11(17-12)10-5-7-16-9-10/h8,10,15H,4-7,9H2,1-3H3. The van der Waals surface area contributed by atoms with Crippen LogP contribution in [0.25, 0.3) is 0 Å². The molecule has 1 aliphatic heterocycles. The maximum Gasteiger partial charge on any atom is 0.195 e. The fourth-order valence-corrected chi connectivity index (χ4v) is 1.93. The van der Waals surface area contributed by atoms with Gasteiger partial charge in [0.25, 0.3) is 0 Å². The van der Waals surface area contributed by atoms with E-state index in [1.807, 2.05) is 6.20 Å². The summed E-state index contributed by atoms with van der Waals surface area (Å²) >= 11 is 0. The molecule has 4 nitrogen and oxygen atoms in total. The fraction of sp³-hybridized carbons (Fsp3) is 0.769. The quantitative estimate of drug-likeness (QED) is 0.872. The van der Waals surface area contributed by atoms with Crippen LogP contribution in [0.5, 0.6) is 0 Å². The van der Waals surface area contributed by atoms with Crippen molar-refractivity contribution in [3.8, 4) is 0 Å². The second-order valence-electron chi connectivity index (χ2n) is 5.64. The summed E-state index contributed by atoms with van der Waals surface area (Å²) in [6, 6.07) is 0. The van der Waals surface area contributed by atoms with Crippen molar-refractivity contribution < 1.29 is 9.15 Å². The first-order valence-corrected chi connectivity index (χ1v) is 6.32. The Hall–Kier alpha value is -0.870. The van der Waals surface area contributed by atoms with Gasteiger partial charge in [-0.3, -0.25) is 0 Å². The van der Waals surface area contributed by atoms with E-state index in [1.54, 1.807) is 0 Å². The van der Waals surface area contributed by atoms with Gasteiger partial charge in [-0.25, -0.2) is 4.98 Å². The molecular formula is C13H22N2O2. The highest BCUT2D eigenvalue weighted by molar-refractivity contribution is 5.03. The van der Waals surface area contributed by atoms with Crippen molar-refractivity contribution in [2.45, 2.75) is 45.1 Å². The number of hydrogen-bond donors (Lipinski definition) is 1. The highest BCUT2D eigenvalue weighted by atomic mass is 16.5. The molecule has 0 aliphatic carbocycles. The van der Waals surface area contributed by atoms with Crippen LogP contribution in [0.4, 0.5) is 0 Å². The van der Waals surface area contributed by atoms with Crippen LogP contribution in [0.2, 0.25) is 0 Å². The van der Waals surface area contributed by atoms with Crippen molar-refractivity contribution in [1.82, 2.24) is 10.3 Å². The number of oxazole rings is 1. The lowest BCUT2D eigenvalue weighted by Gasteiger charge is -2.19. The summed E-state index contributed by atoms with van der Waals surface area (Å²) in [5.74, 6) is 2.21. The lowest BCUT2D eigenvalue weighted by molar-refractivity contribution is 0.191. The van der Waals surface area contributed by atoms with Crippen LogP contribution in [-0.4, -0.2) is 30.3 Å². The van der Waals surface area contributed by atoms with Gasteiger partial charge in [0.1, 0.15) is 5.76 Å². The third kappa shape index (κ3) is 3.82. The Kier molecular flexibility index (Phi) is 3.84. The zero-order chi connectivity index (χ0) is 12.3. The van der Waals surface area contributed by atoms with Gasteiger partial charge in [0, 0.05) is 31.0 Å². The van der Waals surface area contributed by atoms with E-state index in [4.69, 9.17) is 9.15 Å². The van der Waals surface area contributed by atoms with Gasteiger partial charge in [-0.05, 0) is 27.2 Å². The van der Waals surface area contributed by atoms with Crippen LogP contribution >= 0.6 is 0 Å². The summed E-state index contributed by atoms with van der Waals surface area (Å²) in [7, 11) is 0. The molecule has 1 aromatic rings. The van der Waals surface area contributed by atoms with Gasteiger partial charge in [-0.2, -0.15) is 0 Å². The third-order valence-electron chi connectivity index (χ3n) is 2.90. The molecule has 1 unspecified atom stereocenters. The highest BCUT2D eigenvalue weighted by Gasteiger charge is 2.21. The Labute approximate surface area is 103 Å². The predicted molar refractivity (Wildman–Crippen MR) is 66.1 cm³/mol. The molecule has 1 N–H and O–H groups in total. The van der Waals surface area contributed by atoms with Gasteiger partial charge < -0.3 is 14.5 Å². The maximum absolute atomic E-state index is 5.75. The molecule has 0 spiro atoms. The molecule has 0 aromatic carbocycles. The van der Waals surface area contributed by atoms with Crippen LogP contribution in [0.15, 0.2) is 10.6 Å². The van der Waals surface area contributed by atoms with Gasteiger partial charge in [-0.1, -0.05) is 0 Å². The molecule has 1 aliphatic rings. The molecule has 1 atom stereocenters. The lowest BCUT2D eigenvalue weighted by atomic mass is 10.1. The van der Waals surface area contributed by atoms with E-state index in [1.165, 1.54) is 0 Å². The average molecular weight is 238 g/mol. The summed E-state index contributed by atoms with van der Waals surface area (Å²) in [5, 5.41) is 3.42. The first-order valence-electron chi connectivity index (χ1n) is 6.32. The monoisotopic (exact) mass is 238 g/mol. The van der Waals surface area contributed by atoms with Gasteiger partial charge in [-0.15, -0.1) is 0 Å². The van der Waals surface area contributed by atoms with E-state index in [2.05, 4.69) is 31.1 Å². The van der Waals surface area contributed by atoms with E-state index in [0.29, 0.717) is 5.92 Å². The average Bonchev–Trinajstić information content (AvgIpc) is 2.83. The molecular weight excluding hydrogens is 216 g/mol. The van der Waals surface area contributed by atoms with E-state index in [-0.39, 0.29) is 5.54 Å². The minimum absolute atomic E-state index is 0.148. The van der Waals surface area contributed by atoms with E-state index < -0.39 is 0 Å². The van der Waals surface area contributed by atoms with Crippen LogP contribution in [0, 0.1) is 0 Å². The zero-order valence-electron chi connectivity index (χ0n) is 11.0. The number of nitrogens with one attached hydrogen (secondary N) is 1. The van der Waals surface area contributed by atoms with Gasteiger partial charge >= 0.3 is 0 Å². The molecule has 0 bridgehead atoms. The highest BCUT2D eigenvalue weighted by Crippen LogP contribution is 2.25. The Morgan fingerprint density at radius 1 is 1.47 bits per heavy atom. The molecule has 1 aromatic heterocycles. The first kappa shape index (κ1) is 12.6. The minimum Gasteiger partial charge on any atom is -0.445 e. The summed E-state index contributed by atoms with van der Waals surface area (Å²) in [6.45, 7) is 8.98. The molecule has 2 heterocycles. The summed E-state index contributed by atoms with van der Waals surface area (Å²) in [4.78, 5) is 4.32. The van der Waals surface area contributed by atoms with E-state index in [9.17, 15) is 0 Å². The Morgan fingerprint density at radius 3 is 2.94 bits per heavy atom. The Balaban J connectivity index is 1.81. The largest absolute Gasteiger partial charge is 0.445 e. The second-order valence-corrected chi connectivity index (χ2v) is 5.64. The number of nitrogens with zero attached hydrogens (tertiary/aromatic N) is 1. The van der Waals surface area contributed by atoms with Crippen LogP contribution < -0.4 is 5.32 Å². The normalized spacial score (nSPS) is 21.0. The number of hydrogen-bond acceptors (Lipinski definition) is 4. The van der Waals surface area contributed by atoms with Gasteiger partial charge in [0.2, 0.25) is 0 Å². The molecule has 2 rings (SSSR count). The van der Waals surface area contributed by atoms with Crippen LogP contribution in [0.1, 0.15) is 44.8 Å². The topological polar surface area (TPSA) is 47.3 Å². The number of rotatable bonds is 4. The Morgan fingerprint density at radius 2 is 2.29 bits per heavy atom. The first-order chi connectivity index (χ1) is 8.04. The Bertz CT molecular complexity index is 349. The second kappa shape index (κ2) is 5.19. The van der Waals surface area contributed by atoms with E-state index in [0.717, 1.165) is 44.3 Å². The van der Waals surface area contributed by atoms with Crippen molar-refractivity contribution in [3.05, 3.63) is 17.8 Å². The molecule has 96 valence electrons. The molecule has 17 heavy (non-hydrogen) atoms. The maximum atomic E-state index is 5.75. The van der Waals surface area contributed by atoms with Crippen molar-refractivity contribution >= 4 is 0 Å². The molecule has 0 radical (unpaired) electrons. The van der Waals surface area contributed by atoms with Crippen molar-refractivity contribution in [3.63, 3.8) is 0 Å². The van der Waals surface area contributed by atoms with Crippen LogP contribution in [-0.2, 0) is 11.2 Å². The molecule has 4 heteroatoms. The minimum atomic E-state index is 0.148. The summed E-state index contributed by atoms with van der Waals surface area (Å²) in [6.07, 6.45) is 3.74. The fourth-order valence-electron chi connectivity index (χ4n) is 1.93. The number of ether oxygens (including phenoxy) is 1. The van der Waals surface area contributed by atoms with Gasteiger partial charge in [0.15, 0.2) is 5.89 Å². The molecule has 0 amide bonds. The van der Waals surface area contributed by atoms with Crippen molar-refractivity contribution in [1.29, 1.82) is 0 Å². The SMILES string of the molecule is CC(C)(C)NCCc1ncc(C2CCOC2)o1. The smallest absolute Gasteiger partial charge is 0.195 e. The van der Waals surface area contributed by atoms with Crippen LogP contribution in [0.3, 0.4) is 0 Å². The van der Waals surface area contributed by atoms with E-state index >= 15 is 0 Å². The molecule has 1 fully saturated rings. The number of aromatic nitrogens is 1. The predicted octanol–water partition coefficient (Wildman–Crippen LogP) is 2.11. The molecule has 0 saturated carbocycles. The lowest BCUT2D eigenvalue weighted by Crippen LogP contribution is -2.37.